The van der Waals surface area contributed by atoms with E-state index in [1.807, 2.05) is 32.0 Å². The molecule has 4 rings (SSSR count). The zero-order chi connectivity index (χ0) is 24.5. The topological polar surface area (TPSA) is 101 Å². The Hall–Kier alpha value is -3.48. The van der Waals surface area contributed by atoms with Crippen LogP contribution in [0.5, 0.6) is 0 Å². The summed E-state index contributed by atoms with van der Waals surface area (Å²) in [5.41, 5.74) is 1.47. The highest BCUT2D eigenvalue weighted by Gasteiger charge is 2.48. The molecule has 1 fully saturated rings. The van der Waals surface area contributed by atoms with Gasteiger partial charge in [-0.25, -0.2) is 0 Å². The molecule has 34 heavy (non-hydrogen) atoms. The lowest BCUT2D eigenvalue weighted by molar-refractivity contribution is -0.384. The van der Waals surface area contributed by atoms with Crippen LogP contribution in [-0.4, -0.2) is 33.2 Å². The molecule has 0 bridgehead atoms. The Labute approximate surface area is 199 Å². The molecule has 2 aromatic carbocycles. The van der Waals surface area contributed by atoms with Crippen LogP contribution in [0.3, 0.4) is 0 Å². The fraction of sp³-hybridized carbons (Fsp3) is 0.407. The monoisotopic (exact) mass is 462 g/mol. The third-order valence-electron chi connectivity index (χ3n) is 7.04. The number of Topliss-reactive ketones (excluding diaryl/α,β-unsaturated/α-hetero) is 1. The molecule has 1 N–H and O–H groups in total. The van der Waals surface area contributed by atoms with Crippen LogP contribution in [0.15, 0.2) is 65.9 Å². The fourth-order valence-corrected chi connectivity index (χ4v) is 5.41. The maximum Gasteiger partial charge on any atom is 0.290 e. The SMILES string of the molecule is CC(C)CC(=O)C1=C(O)C(=O)N(CC2(c3ccccc3)CCCC2)C1c1ccc([N+](=O)[O-])cc1. The molecule has 1 aliphatic carbocycles. The molecule has 0 radical (unpaired) electrons. The van der Waals surface area contributed by atoms with E-state index >= 15 is 0 Å². The predicted octanol–water partition coefficient (Wildman–Crippen LogP) is 5.42. The first-order valence-corrected chi connectivity index (χ1v) is 11.8. The number of nitro groups is 1. The van der Waals surface area contributed by atoms with E-state index in [4.69, 9.17) is 0 Å². The van der Waals surface area contributed by atoms with Crippen molar-refractivity contribution in [2.75, 3.05) is 6.54 Å². The van der Waals surface area contributed by atoms with E-state index in [1.54, 1.807) is 17.0 Å². The normalized spacial score (nSPS) is 19.8. The molecule has 0 aromatic heterocycles. The first-order valence-electron chi connectivity index (χ1n) is 11.8. The van der Waals surface area contributed by atoms with E-state index in [1.165, 1.54) is 12.1 Å². The highest BCUT2D eigenvalue weighted by molar-refractivity contribution is 6.09. The third-order valence-corrected chi connectivity index (χ3v) is 7.04. The van der Waals surface area contributed by atoms with Crippen LogP contribution < -0.4 is 0 Å². The van der Waals surface area contributed by atoms with E-state index in [0.717, 1.165) is 31.2 Å². The van der Waals surface area contributed by atoms with E-state index in [-0.39, 0.29) is 34.8 Å². The van der Waals surface area contributed by atoms with Gasteiger partial charge in [0.25, 0.3) is 11.6 Å². The number of non-ortho nitro benzene ring substituents is 1. The highest BCUT2D eigenvalue weighted by Crippen LogP contribution is 2.46. The first kappa shape index (κ1) is 23.7. The van der Waals surface area contributed by atoms with E-state index < -0.39 is 22.6 Å². The number of hydrogen-bond acceptors (Lipinski definition) is 5. The summed E-state index contributed by atoms with van der Waals surface area (Å²) in [6, 6.07) is 15.2. The van der Waals surface area contributed by atoms with Gasteiger partial charge in [0, 0.05) is 30.5 Å². The molecule has 7 heteroatoms. The zero-order valence-electron chi connectivity index (χ0n) is 19.6. The van der Waals surface area contributed by atoms with Gasteiger partial charge in [0.05, 0.1) is 16.5 Å². The van der Waals surface area contributed by atoms with Crippen LogP contribution in [0.25, 0.3) is 0 Å². The molecule has 1 heterocycles. The van der Waals surface area contributed by atoms with Gasteiger partial charge in [0.15, 0.2) is 11.5 Å². The van der Waals surface area contributed by atoms with E-state index in [9.17, 15) is 24.8 Å². The second kappa shape index (κ2) is 9.41. The quantitative estimate of drug-likeness (QED) is 0.417. The van der Waals surface area contributed by atoms with E-state index in [2.05, 4.69) is 12.1 Å². The highest BCUT2D eigenvalue weighted by atomic mass is 16.6. The molecule has 1 atom stereocenters. The van der Waals surface area contributed by atoms with Crippen molar-refractivity contribution in [1.82, 2.24) is 4.90 Å². The average Bonchev–Trinajstić information content (AvgIpc) is 3.39. The minimum absolute atomic E-state index is 0.0555. The molecular weight excluding hydrogens is 432 g/mol. The minimum atomic E-state index is -0.777. The molecule has 1 unspecified atom stereocenters. The van der Waals surface area contributed by atoms with Gasteiger partial charge in [-0.15, -0.1) is 0 Å². The number of aliphatic hydroxyl groups is 1. The molecule has 0 spiro atoms. The van der Waals surface area contributed by atoms with Crippen molar-refractivity contribution in [1.29, 1.82) is 0 Å². The summed E-state index contributed by atoms with van der Waals surface area (Å²) in [7, 11) is 0. The van der Waals surface area contributed by atoms with Crippen molar-refractivity contribution in [2.45, 2.75) is 57.4 Å². The lowest BCUT2D eigenvalue weighted by Crippen LogP contribution is -2.42. The molecule has 178 valence electrons. The summed E-state index contributed by atoms with van der Waals surface area (Å²) >= 11 is 0. The number of amides is 1. The summed E-state index contributed by atoms with van der Waals surface area (Å²) < 4.78 is 0. The summed E-state index contributed by atoms with van der Waals surface area (Å²) in [5.74, 6) is -1.28. The van der Waals surface area contributed by atoms with Gasteiger partial charge in [-0.3, -0.25) is 19.7 Å². The number of nitrogens with zero attached hydrogens (tertiary/aromatic N) is 2. The number of rotatable bonds is 8. The lowest BCUT2D eigenvalue weighted by atomic mass is 9.78. The Balaban J connectivity index is 1.78. The largest absolute Gasteiger partial charge is 0.503 e. The van der Waals surface area contributed by atoms with Crippen molar-refractivity contribution < 1.29 is 19.6 Å². The fourth-order valence-electron chi connectivity index (χ4n) is 5.41. The van der Waals surface area contributed by atoms with Crippen LogP contribution in [-0.2, 0) is 15.0 Å². The van der Waals surface area contributed by atoms with Crippen LogP contribution >= 0.6 is 0 Å². The molecule has 0 saturated heterocycles. The molecule has 7 nitrogen and oxygen atoms in total. The van der Waals surface area contributed by atoms with Crippen LogP contribution in [0, 0.1) is 16.0 Å². The van der Waals surface area contributed by atoms with Crippen molar-refractivity contribution in [3.05, 3.63) is 87.2 Å². The Bertz CT molecular complexity index is 1120. The Morgan fingerprint density at radius 3 is 2.29 bits per heavy atom. The van der Waals surface area contributed by atoms with Crippen molar-refractivity contribution in [3.8, 4) is 0 Å². The second-order valence-corrected chi connectivity index (χ2v) is 9.82. The van der Waals surface area contributed by atoms with Gasteiger partial charge >= 0.3 is 0 Å². The smallest absolute Gasteiger partial charge is 0.290 e. The minimum Gasteiger partial charge on any atom is -0.503 e. The molecule has 2 aromatic rings. The summed E-state index contributed by atoms with van der Waals surface area (Å²) in [5, 5.41) is 22.0. The molecule has 1 amide bonds. The summed E-state index contributed by atoms with van der Waals surface area (Å²) in [6.07, 6.45) is 4.09. The molecule has 2 aliphatic rings. The maximum atomic E-state index is 13.4. The number of nitro benzene ring substituents is 1. The predicted molar refractivity (Wildman–Crippen MR) is 128 cm³/mol. The van der Waals surface area contributed by atoms with Gasteiger partial charge in [-0.2, -0.15) is 0 Å². The van der Waals surface area contributed by atoms with Crippen LogP contribution in [0.4, 0.5) is 5.69 Å². The Kier molecular flexibility index (Phi) is 6.55. The summed E-state index contributed by atoms with van der Waals surface area (Å²) in [6.45, 7) is 4.18. The second-order valence-electron chi connectivity index (χ2n) is 9.82. The van der Waals surface area contributed by atoms with Gasteiger partial charge < -0.3 is 10.0 Å². The van der Waals surface area contributed by atoms with Crippen molar-refractivity contribution in [2.24, 2.45) is 5.92 Å². The summed E-state index contributed by atoms with van der Waals surface area (Å²) in [4.78, 5) is 38.9. The van der Waals surface area contributed by atoms with E-state index in [0.29, 0.717) is 12.1 Å². The molecular formula is C27H30N2O5. The van der Waals surface area contributed by atoms with Gasteiger partial charge in [-0.1, -0.05) is 57.0 Å². The average molecular weight is 463 g/mol. The number of benzene rings is 2. The Morgan fingerprint density at radius 1 is 1.12 bits per heavy atom. The van der Waals surface area contributed by atoms with Crippen molar-refractivity contribution in [3.63, 3.8) is 0 Å². The van der Waals surface area contributed by atoms with Crippen LogP contribution in [0.1, 0.15) is 63.1 Å². The van der Waals surface area contributed by atoms with Crippen LogP contribution in [0.2, 0.25) is 0 Å². The first-order chi connectivity index (χ1) is 16.2. The van der Waals surface area contributed by atoms with Gasteiger partial charge in [0.1, 0.15) is 0 Å². The molecule has 1 aliphatic heterocycles. The number of carbonyl (C=O) groups excluding carboxylic acids is 2. The lowest BCUT2D eigenvalue weighted by Gasteiger charge is -2.37. The number of hydrogen-bond donors (Lipinski definition) is 1. The Morgan fingerprint density at radius 2 is 1.74 bits per heavy atom. The zero-order valence-corrected chi connectivity index (χ0v) is 19.6. The third kappa shape index (κ3) is 4.34. The van der Waals surface area contributed by atoms with Gasteiger partial charge in [0.2, 0.25) is 0 Å². The number of ketones is 1. The maximum absolute atomic E-state index is 13.4. The standard InChI is InChI=1S/C27H30N2O5/c1-18(2)16-22(30)23-24(19-10-12-21(13-11-19)29(33)34)28(26(32)25(23)31)17-27(14-6-7-15-27)20-8-4-3-5-9-20/h3-5,8-13,18,24,31H,6-7,14-17H2,1-2H3. The molecule has 1 saturated carbocycles. The van der Waals surface area contributed by atoms with Gasteiger partial charge in [-0.05, 0) is 42.0 Å². The number of carbonyl (C=O) groups is 2. The number of aliphatic hydroxyl groups excluding tert-OH is 1. The van der Waals surface area contributed by atoms with Crippen molar-refractivity contribution >= 4 is 17.4 Å².